The van der Waals surface area contributed by atoms with Crippen LogP contribution < -0.4 is 10.1 Å². The van der Waals surface area contributed by atoms with Gasteiger partial charge in [-0.3, -0.25) is 4.79 Å². The number of halogens is 1. The highest BCUT2D eigenvalue weighted by atomic mass is 35.5. The van der Waals surface area contributed by atoms with E-state index in [1.807, 2.05) is 0 Å². The van der Waals surface area contributed by atoms with Gasteiger partial charge in [-0.15, -0.1) is 0 Å². The van der Waals surface area contributed by atoms with E-state index in [0.29, 0.717) is 37.6 Å². The van der Waals surface area contributed by atoms with Crippen molar-refractivity contribution in [2.45, 2.75) is 19.8 Å². The van der Waals surface area contributed by atoms with Crippen LogP contribution in [0.1, 0.15) is 19.8 Å². The molecular weight excluding hydrogens is 258 g/mol. The van der Waals surface area contributed by atoms with E-state index >= 15 is 0 Å². The summed E-state index contributed by atoms with van der Waals surface area (Å²) in [4.78, 5) is 18.9. The molecule has 0 aliphatic heterocycles. The summed E-state index contributed by atoms with van der Waals surface area (Å²) in [5, 5.41) is 3.28. The second kappa shape index (κ2) is 7.71. The highest BCUT2D eigenvalue weighted by Crippen LogP contribution is 2.28. The molecule has 0 unspecified atom stereocenters. The van der Waals surface area contributed by atoms with Crippen LogP contribution in [0.3, 0.4) is 0 Å². The van der Waals surface area contributed by atoms with Crippen molar-refractivity contribution in [1.29, 1.82) is 0 Å². The predicted molar refractivity (Wildman–Crippen MR) is 68.0 cm³/mol. The van der Waals surface area contributed by atoms with E-state index in [1.54, 1.807) is 6.92 Å². The number of anilines is 1. The maximum absolute atomic E-state index is 11.1. The molecule has 0 atom stereocenters. The number of rotatable bonds is 7. The Hall–Kier alpha value is -1.56. The minimum atomic E-state index is -0.202. The number of nitrogens with one attached hydrogen (secondary N) is 1. The third kappa shape index (κ3) is 4.37. The zero-order chi connectivity index (χ0) is 13.4. The molecule has 1 heterocycles. The lowest BCUT2D eigenvalue weighted by Gasteiger charge is -2.10. The van der Waals surface area contributed by atoms with Gasteiger partial charge in [0.25, 0.3) is 0 Å². The van der Waals surface area contributed by atoms with Crippen molar-refractivity contribution < 1.29 is 14.3 Å². The van der Waals surface area contributed by atoms with Gasteiger partial charge < -0.3 is 14.8 Å². The van der Waals surface area contributed by atoms with Crippen molar-refractivity contribution in [3.8, 4) is 5.75 Å². The first kappa shape index (κ1) is 14.5. The van der Waals surface area contributed by atoms with E-state index in [1.165, 1.54) is 13.4 Å². The topological polar surface area (TPSA) is 73.3 Å². The lowest BCUT2D eigenvalue weighted by atomic mass is 10.3. The molecule has 6 nitrogen and oxygen atoms in total. The smallest absolute Gasteiger partial charge is 0.305 e. The summed E-state index contributed by atoms with van der Waals surface area (Å²) in [6.07, 6.45) is 2.35. The molecule has 18 heavy (non-hydrogen) atoms. The molecule has 0 amide bonds. The van der Waals surface area contributed by atoms with Crippen molar-refractivity contribution in [2.24, 2.45) is 0 Å². The van der Waals surface area contributed by atoms with Crippen LogP contribution in [0.15, 0.2) is 6.33 Å². The molecule has 1 aromatic rings. The van der Waals surface area contributed by atoms with E-state index in [2.05, 4.69) is 15.3 Å². The Morgan fingerprint density at radius 2 is 2.28 bits per heavy atom. The summed E-state index contributed by atoms with van der Waals surface area (Å²) in [6.45, 7) is 2.76. The Balaban J connectivity index is 2.40. The number of aromatic nitrogens is 2. The molecule has 0 aromatic carbocycles. The Kier molecular flexibility index (Phi) is 6.21. The lowest BCUT2D eigenvalue weighted by Crippen LogP contribution is -2.09. The van der Waals surface area contributed by atoms with Crippen molar-refractivity contribution >= 4 is 23.4 Å². The number of methoxy groups -OCH3 is 1. The van der Waals surface area contributed by atoms with Crippen LogP contribution in [0.25, 0.3) is 0 Å². The van der Waals surface area contributed by atoms with Crippen LogP contribution in [-0.2, 0) is 9.53 Å². The van der Waals surface area contributed by atoms with Crippen LogP contribution in [-0.4, -0.2) is 36.2 Å². The average molecular weight is 274 g/mol. The number of hydrogen-bond acceptors (Lipinski definition) is 6. The molecule has 0 bridgehead atoms. The number of ether oxygens (including phenoxy) is 2. The average Bonchev–Trinajstić information content (AvgIpc) is 2.35. The molecule has 1 N–H and O–H groups in total. The van der Waals surface area contributed by atoms with Crippen molar-refractivity contribution in [3.05, 3.63) is 11.5 Å². The van der Waals surface area contributed by atoms with E-state index < -0.39 is 0 Å². The molecule has 0 spiro atoms. The number of hydrogen-bond donors (Lipinski definition) is 1. The maximum Gasteiger partial charge on any atom is 0.305 e. The molecule has 7 heteroatoms. The molecule has 0 saturated carbocycles. The van der Waals surface area contributed by atoms with Gasteiger partial charge in [0.1, 0.15) is 6.33 Å². The van der Waals surface area contributed by atoms with Gasteiger partial charge >= 0.3 is 5.97 Å². The minimum absolute atomic E-state index is 0.202. The number of esters is 1. The molecule has 0 radical (unpaired) electrons. The van der Waals surface area contributed by atoms with Crippen molar-refractivity contribution in [2.75, 3.05) is 25.6 Å². The lowest BCUT2D eigenvalue weighted by molar-refractivity contribution is -0.143. The van der Waals surface area contributed by atoms with Gasteiger partial charge in [0.05, 0.1) is 13.7 Å². The summed E-state index contributed by atoms with van der Waals surface area (Å²) in [5.74, 6) is 0.712. The summed E-state index contributed by atoms with van der Waals surface area (Å²) < 4.78 is 9.90. The van der Waals surface area contributed by atoms with Crippen molar-refractivity contribution in [1.82, 2.24) is 9.97 Å². The Morgan fingerprint density at radius 3 is 2.94 bits per heavy atom. The Morgan fingerprint density at radius 1 is 1.50 bits per heavy atom. The molecule has 0 aliphatic carbocycles. The van der Waals surface area contributed by atoms with Gasteiger partial charge in [-0.05, 0) is 13.3 Å². The fraction of sp³-hybridized carbons (Fsp3) is 0.545. The van der Waals surface area contributed by atoms with Gasteiger partial charge in [-0.2, -0.15) is 0 Å². The zero-order valence-corrected chi connectivity index (χ0v) is 11.2. The molecule has 0 aliphatic rings. The third-order valence-corrected chi connectivity index (χ3v) is 2.39. The van der Waals surface area contributed by atoms with E-state index in [4.69, 9.17) is 21.1 Å². The minimum Gasteiger partial charge on any atom is -0.490 e. The zero-order valence-electron chi connectivity index (χ0n) is 10.4. The Labute approximate surface area is 111 Å². The van der Waals surface area contributed by atoms with Crippen LogP contribution >= 0.6 is 11.6 Å². The standard InChI is InChI=1S/C11H16ClN3O3/c1-3-18-8(16)5-4-6-13-11-9(17-2)10(12)14-7-15-11/h7H,3-6H2,1-2H3,(H,13,14,15). The fourth-order valence-corrected chi connectivity index (χ4v) is 1.54. The van der Waals surface area contributed by atoms with E-state index in [-0.39, 0.29) is 11.1 Å². The van der Waals surface area contributed by atoms with Crippen LogP contribution in [0.5, 0.6) is 5.75 Å². The van der Waals surface area contributed by atoms with Gasteiger partial charge in [0, 0.05) is 13.0 Å². The number of nitrogens with zero attached hydrogens (tertiary/aromatic N) is 2. The normalized spacial score (nSPS) is 9.94. The second-order valence-electron chi connectivity index (χ2n) is 3.38. The maximum atomic E-state index is 11.1. The van der Waals surface area contributed by atoms with Crippen LogP contribution in [0.4, 0.5) is 5.82 Å². The monoisotopic (exact) mass is 273 g/mol. The summed E-state index contributed by atoms with van der Waals surface area (Å²) >= 11 is 5.84. The summed E-state index contributed by atoms with van der Waals surface area (Å²) in [7, 11) is 1.49. The Bertz CT molecular complexity index is 401. The highest BCUT2D eigenvalue weighted by Gasteiger charge is 2.09. The number of carbonyl (C=O) groups excluding carboxylic acids is 1. The molecule has 100 valence electrons. The quantitative estimate of drug-likeness (QED) is 0.465. The van der Waals surface area contributed by atoms with Crippen LogP contribution in [0, 0.1) is 0 Å². The van der Waals surface area contributed by atoms with Gasteiger partial charge in [-0.1, -0.05) is 11.6 Å². The van der Waals surface area contributed by atoms with Gasteiger partial charge in [0.15, 0.2) is 16.7 Å². The molecule has 1 aromatic heterocycles. The predicted octanol–water partition coefficient (Wildman–Crippen LogP) is 1.89. The largest absolute Gasteiger partial charge is 0.490 e. The van der Waals surface area contributed by atoms with Crippen molar-refractivity contribution in [3.63, 3.8) is 0 Å². The molecule has 0 fully saturated rings. The second-order valence-corrected chi connectivity index (χ2v) is 3.74. The van der Waals surface area contributed by atoms with E-state index in [0.717, 1.165) is 0 Å². The first-order valence-corrected chi connectivity index (χ1v) is 6.00. The molecular formula is C11H16ClN3O3. The summed E-state index contributed by atoms with van der Waals surface area (Å²) in [6, 6.07) is 0. The fourth-order valence-electron chi connectivity index (χ4n) is 1.33. The van der Waals surface area contributed by atoms with Gasteiger partial charge in [-0.25, -0.2) is 9.97 Å². The highest BCUT2D eigenvalue weighted by molar-refractivity contribution is 6.31. The first-order valence-electron chi connectivity index (χ1n) is 5.63. The van der Waals surface area contributed by atoms with Gasteiger partial charge in [0.2, 0.25) is 0 Å². The first-order chi connectivity index (χ1) is 8.69. The van der Waals surface area contributed by atoms with Crippen LogP contribution in [0.2, 0.25) is 5.15 Å². The molecule has 0 saturated heterocycles. The SMILES string of the molecule is CCOC(=O)CCCNc1ncnc(Cl)c1OC. The summed E-state index contributed by atoms with van der Waals surface area (Å²) in [5.41, 5.74) is 0. The third-order valence-electron chi connectivity index (χ3n) is 2.12. The number of carbonyl (C=O) groups is 1. The van der Waals surface area contributed by atoms with E-state index in [9.17, 15) is 4.79 Å². The molecule has 1 rings (SSSR count).